The zero-order valence-corrected chi connectivity index (χ0v) is 9.08. The third kappa shape index (κ3) is 6.08. The van der Waals surface area contributed by atoms with Gasteiger partial charge in [0.2, 0.25) is 0 Å². The molecule has 0 aliphatic heterocycles. The topological polar surface area (TPSA) is 118 Å². The molecule has 0 radical (unpaired) electrons. The maximum Gasteiger partial charge on any atom is 0.108 e. The van der Waals surface area contributed by atoms with E-state index in [2.05, 4.69) is 0 Å². The van der Waals surface area contributed by atoms with Gasteiger partial charge in [0.15, 0.2) is 0 Å². The van der Waals surface area contributed by atoms with Crippen molar-refractivity contribution in [1.29, 1.82) is 0 Å². The fourth-order valence-electron chi connectivity index (χ4n) is 0.592. The predicted octanol–water partition coefficient (Wildman–Crippen LogP) is -3.47. The van der Waals surface area contributed by atoms with Crippen LogP contribution in [0.1, 0.15) is 0 Å². The Bertz CT molecular complexity index is 146. The molecule has 14 heavy (non-hydrogen) atoms. The Morgan fingerprint density at radius 1 is 1.00 bits per heavy atom. The minimum atomic E-state index is -1.89. The van der Waals surface area contributed by atoms with E-state index in [9.17, 15) is 4.79 Å². The van der Waals surface area contributed by atoms with Gasteiger partial charge in [0, 0.05) is 34.1 Å². The average Bonchev–Trinajstić information content (AvgIpc) is 2.12. The Morgan fingerprint density at radius 3 is 1.71 bits per heavy atom. The normalized spacial score (nSPS) is 18.1. The number of aliphatic hydroxyl groups excluding tert-OH is 5. The van der Waals surface area contributed by atoms with Crippen LogP contribution in [0.5, 0.6) is 0 Å². The summed E-state index contributed by atoms with van der Waals surface area (Å²) >= 11 is 0. The van der Waals surface area contributed by atoms with Crippen LogP contribution >= 0.6 is 0 Å². The first kappa shape index (κ1) is 20.0. The minimum Gasteiger partial charge on any atom is -0.539 e. The summed E-state index contributed by atoms with van der Waals surface area (Å²) < 4.78 is 0. The fraction of sp³-hybridized carbons (Fsp3) is 0.833. The van der Waals surface area contributed by atoms with E-state index in [4.69, 9.17) is 25.5 Å². The summed E-state index contributed by atoms with van der Waals surface area (Å²) in [7, 11) is 0. The van der Waals surface area contributed by atoms with Crippen molar-refractivity contribution in [1.82, 2.24) is 0 Å². The van der Waals surface area contributed by atoms with Gasteiger partial charge in [-0.2, -0.15) is 0 Å². The SMILES string of the molecule is O=[C-][C@H](O)[C@@H](O)[C@H](O)[C@H](O)CO.[Fe].[Fe]. The molecule has 0 heterocycles. The van der Waals surface area contributed by atoms with Crippen molar-refractivity contribution >= 4 is 6.29 Å². The van der Waals surface area contributed by atoms with E-state index in [1.165, 1.54) is 0 Å². The minimum absolute atomic E-state index is 0. The Kier molecular flexibility index (Phi) is 14.3. The second-order valence-electron chi connectivity index (χ2n) is 2.29. The van der Waals surface area contributed by atoms with E-state index in [-0.39, 0.29) is 34.1 Å². The first-order chi connectivity index (χ1) is 5.54. The standard InChI is InChI=1S/C6H11O6.2Fe/c7-1-3(9)5(11)6(12)4(10)2-8;;/h3-7,9-12H,1H2;;/q-1;;/t3-,4+,5-,6-;;/m1../s1. The van der Waals surface area contributed by atoms with Crippen LogP contribution < -0.4 is 0 Å². The second kappa shape index (κ2) is 10.0. The van der Waals surface area contributed by atoms with Crippen molar-refractivity contribution < 1.29 is 64.5 Å². The molecular weight excluding hydrogens is 280 g/mol. The Labute approximate surface area is 102 Å². The number of carbonyl (C=O) groups excluding carboxylic acids is 1. The fourth-order valence-corrected chi connectivity index (χ4v) is 0.592. The molecule has 0 saturated heterocycles. The Morgan fingerprint density at radius 2 is 1.43 bits per heavy atom. The average molecular weight is 291 g/mol. The third-order valence-electron chi connectivity index (χ3n) is 1.38. The molecule has 8 heteroatoms. The first-order valence-corrected chi connectivity index (χ1v) is 3.25. The monoisotopic (exact) mass is 291 g/mol. The van der Waals surface area contributed by atoms with Crippen LogP contribution in [0.15, 0.2) is 0 Å². The smallest absolute Gasteiger partial charge is 0.108 e. The third-order valence-corrected chi connectivity index (χ3v) is 1.38. The number of aliphatic hydroxyl groups is 5. The second-order valence-corrected chi connectivity index (χ2v) is 2.29. The molecule has 0 aromatic rings. The van der Waals surface area contributed by atoms with Gasteiger partial charge < -0.3 is 30.3 Å². The van der Waals surface area contributed by atoms with Crippen LogP contribution in [-0.2, 0) is 38.9 Å². The van der Waals surface area contributed by atoms with Crippen molar-refractivity contribution in [2.24, 2.45) is 0 Å². The van der Waals surface area contributed by atoms with Gasteiger partial charge in [0.1, 0.15) is 12.2 Å². The van der Waals surface area contributed by atoms with E-state index in [0.717, 1.165) is 6.29 Å². The zero-order chi connectivity index (χ0) is 9.72. The van der Waals surface area contributed by atoms with Gasteiger partial charge in [0.25, 0.3) is 0 Å². The summed E-state index contributed by atoms with van der Waals surface area (Å²) in [4.78, 5) is 9.77. The molecule has 88 valence electrons. The molecule has 6 nitrogen and oxygen atoms in total. The Hall–Kier alpha value is 0.509. The molecule has 0 unspecified atom stereocenters. The van der Waals surface area contributed by atoms with Crippen LogP contribution in [0.25, 0.3) is 0 Å². The van der Waals surface area contributed by atoms with Crippen LogP contribution in [0.2, 0.25) is 0 Å². The quantitative estimate of drug-likeness (QED) is 0.265. The maximum atomic E-state index is 9.77. The van der Waals surface area contributed by atoms with Crippen LogP contribution in [0, 0.1) is 0 Å². The molecular formula is C6H11Fe2O6-. The first-order valence-electron chi connectivity index (χ1n) is 3.25. The molecule has 0 aliphatic rings. The molecule has 0 fully saturated rings. The van der Waals surface area contributed by atoms with Crippen molar-refractivity contribution in [2.75, 3.05) is 6.61 Å². The van der Waals surface area contributed by atoms with Gasteiger partial charge in [-0.05, 0) is 6.10 Å². The number of rotatable bonds is 5. The van der Waals surface area contributed by atoms with E-state index >= 15 is 0 Å². The molecule has 0 bridgehead atoms. The molecule has 0 rings (SSSR count). The largest absolute Gasteiger partial charge is 0.539 e. The van der Waals surface area contributed by atoms with Crippen molar-refractivity contribution in [3.05, 3.63) is 0 Å². The van der Waals surface area contributed by atoms with Crippen LogP contribution in [0.4, 0.5) is 0 Å². The zero-order valence-electron chi connectivity index (χ0n) is 6.87. The molecule has 0 saturated carbocycles. The Balaban J connectivity index is -0.000000605. The number of hydrogen-bond acceptors (Lipinski definition) is 6. The summed E-state index contributed by atoms with van der Waals surface area (Å²) in [6.07, 6.45) is -6.07. The molecule has 0 aliphatic carbocycles. The van der Waals surface area contributed by atoms with Crippen molar-refractivity contribution in [3.63, 3.8) is 0 Å². The van der Waals surface area contributed by atoms with Gasteiger partial charge in [-0.15, -0.1) is 0 Å². The molecule has 5 N–H and O–H groups in total. The molecule has 0 amide bonds. The summed E-state index contributed by atoms with van der Waals surface area (Å²) in [6.45, 7) is -0.774. The number of hydrogen-bond donors (Lipinski definition) is 5. The van der Waals surface area contributed by atoms with Gasteiger partial charge in [0.05, 0.1) is 12.7 Å². The van der Waals surface area contributed by atoms with E-state index in [0.29, 0.717) is 0 Å². The summed E-state index contributed by atoms with van der Waals surface area (Å²) in [5.41, 5.74) is 0. The summed E-state index contributed by atoms with van der Waals surface area (Å²) in [5.74, 6) is 0. The van der Waals surface area contributed by atoms with Crippen molar-refractivity contribution in [2.45, 2.75) is 24.4 Å². The van der Waals surface area contributed by atoms with Gasteiger partial charge in [-0.1, -0.05) is 0 Å². The van der Waals surface area contributed by atoms with E-state index < -0.39 is 31.0 Å². The molecule has 4 atom stereocenters. The summed E-state index contributed by atoms with van der Waals surface area (Å²) in [6, 6.07) is 0. The van der Waals surface area contributed by atoms with E-state index in [1.54, 1.807) is 0 Å². The van der Waals surface area contributed by atoms with Gasteiger partial charge in [-0.3, -0.25) is 0 Å². The molecule has 0 aromatic heterocycles. The van der Waals surface area contributed by atoms with Crippen LogP contribution in [0.3, 0.4) is 0 Å². The summed E-state index contributed by atoms with van der Waals surface area (Å²) in [5, 5.41) is 43.4. The molecule has 0 spiro atoms. The van der Waals surface area contributed by atoms with E-state index in [1.807, 2.05) is 0 Å². The van der Waals surface area contributed by atoms with Crippen LogP contribution in [-0.4, -0.2) is 62.8 Å². The van der Waals surface area contributed by atoms with Gasteiger partial charge in [-0.25, -0.2) is 6.29 Å². The predicted molar refractivity (Wildman–Crippen MR) is 36.8 cm³/mol. The maximum absolute atomic E-state index is 9.77. The van der Waals surface area contributed by atoms with Crippen molar-refractivity contribution in [3.8, 4) is 0 Å². The van der Waals surface area contributed by atoms with Gasteiger partial charge >= 0.3 is 0 Å². The molecule has 0 aromatic carbocycles.